The van der Waals surface area contributed by atoms with Crippen molar-refractivity contribution in [3.63, 3.8) is 0 Å². The zero-order chi connectivity index (χ0) is 18.5. The highest BCUT2D eigenvalue weighted by Crippen LogP contribution is 2.27. The third-order valence-corrected chi connectivity index (χ3v) is 4.91. The van der Waals surface area contributed by atoms with Crippen LogP contribution in [-0.4, -0.2) is 54.6 Å². The van der Waals surface area contributed by atoms with Gasteiger partial charge in [0.15, 0.2) is 0 Å². The van der Waals surface area contributed by atoms with Gasteiger partial charge in [-0.25, -0.2) is 4.98 Å². The van der Waals surface area contributed by atoms with Crippen LogP contribution in [0.2, 0.25) is 0 Å². The molecule has 0 bridgehead atoms. The molecule has 26 heavy (non-hydrogen) atoms. The second-order valence-electron chi connectivity index (χ2n) is 6.80. The Kier molecular flexibility index (Phi) is 5.69. The van der Waals surface area contributed by atoms with Crippen LogP contribution in [0.4, 0.5) is 5.69 Å². The molecule has 2 heterocycles. The number of piperazine rings is 1. The van der Waals surface area contributed by atoms with E-state index in [2.05, 4.69) is 33.1 Å². The van der Waals surface area contributed by atoms with Gasteiger partial charge >= 0.3 is 0 Å². The molecule has 1 fully saturated rings. The first kappa shape index (κ1) is 18.2. The number of fused-ring (bicyclic) bond motifs is 1. The molecule has 1 N–H and O–H groups in total. The maximum atomic E-state index is 12.1. The fourth-order valence-electron chi connectivity index (χ4n) is 3.25. The van der Waals surface area contributed by atoms with Gasteiger partial charge in [-0.15, -0.1) is 0 Å². The average Bonchev–Trinajstić information content (AvgIpc) is 2.67. The molecule has 1 aliphatic heterocycles. The Bertz CT molecular complexity index is 821. The molecule has 0 radical (unpaired) electrons. The van der Waals surface area contributed by atoms with Crippen molar-refractivity contribution in [3.8, 4) is 6.07 Å². The summed E-state index contributed by atoms with van der Waals surface area (Å²) >= 11 is 0. The maximum absolute atomic E-state index is 12.1. The van der Waals surface area contributed by atoms with Crippen molar-refractivity contribution in [3.05, 3.63) is 36.0 Å². The van der Waals surface area contributed by atoms with Crippen molar-refractivity contribution in [1.29, 1.82) is 5.26 Å². The van der Waals surface area contributed by atoms with Crippen molar-refractivity contribution in [1.82, 2.24) is 15.2 Å². The molecule has 2 aromatic rings. The molecule has 1 atom stereocenters. The normalized spacial score (nSPS) is 16.3. The van der Waals surface area contributed by atoms with Gasteiger partial charge in [0, 0.05) is 43.3 Å². The lowest BCUT2D eigenvalue weighted by molar-refractivity contribution is -0.122. The van der Waals surface area contributed by atoms with E-state index in [0.29, 0.717) is 12.2 Å². The Morgan fingerprint density at radius 3 is 2.73 bits per heavy atom. The minimum atomic E-state index is 0.0916. The lowest BCUT2D eigenvalue weighted by Gasteiger charge is -2.36. The summed E-state index contributed by atoms with van der Waals surface area (Å²) < 4.78 is 0. The van der Waals surface area contributed by atoms with E-state index >= 15 is 0 Å². The van der Waals surface area contributed by atoms with Gasteiger partial charge in [0.25, 0.3) is 0 Å². The number of amides is 1. The highest BCUT2D eigenvalue weighted by atomic mass is 16.2. The number of aromatic nitrogens is 1. The van der Waals surface area contributed by atoms with Crippen LogP contribution in [0.25, 0.3) is 10.9 Å². The summed E-state index contributed by atoms with van der Waals surface area (Å²) in [5.74, 6) is 0.0916. The van der Waals surface area contributed by atoms with Crippen LogP contribution in [0.1, 0.15) is 26.0 Å². The molecule has 0 saturated carbocycles. The van der Waals surface area contributed by atoms with Crippen LogP contribution >= 0.6 is 0 Å². The highest BCUT2D eigenvalue weighted by molar-refractivity contribution is 5.92. The van der Waals surface area contributed by atoms with Crippen molar-refractivity contribution in [2.24, 2.45) is 0 Å². The smallest absolute Gasteiger partial charge is 0.234 e. The Morgan fingerprint density at radius 2 is 2.04 bits per heavy atom. The van der Waals surface area contributed by atoms with Gasteiger partial charge in [0.05, 0.1) is 12.1 Å². The number of carbonyl (C=O) groups is 1. The predicted octanol–water partition coefficient (Wildman–Crippen LogP) is 2.14. The summed E-state index contributed by atoms with van der Waals surface area (Å²) in [6.45, 7) is 7.85. The van der Waals surface area contributed by atoms with E-state index in [1.165, 1.54) is 0 Å². The minimum absolute atomic E-state index is 0.0916. The van der Waals surface area contributed by atoms with E-state index in [-0.39, 0.29) is 11.9 Å². The highest BCUT2D eigenvalue weighted by Gasteiger charge is 2.21. The summed E-state index contributed by atoms with van der Waals surface area (Å²) in [6, 6.07) is 12.2. The third-order valence-electron chi connectivity index (χ3n) is 4.91. The molecule has 0 aliphatic carbocycles. The van der Waals surface area contributed by atoms with Crippen molar-refractivity contribution >= 4 is 22.5 Å². The molecule has 136 valence electrons. The number of pyridine rings is 1. The van der Waals surface area contributed by atoms with E-state index in [1.54, 1.807) is 0 Å². The molecular formula is C20H25N5O. The third kappa shape index (κ3) is 4.12. The fraction of sp³-hybridized carbons (Fsp3) is 0.450. The van der Waals surface area contributed by atoms with E-state index in [0.717, 1.165) is 49.2 Å². The number of para-hydroxylation sites is 1. The second-order valence-corrected chi connectivity index (χ2v) is 6.80. The average molecular weight is 351 g/mol. The molecule has 1 aliphatic rings. The predicted molar refractivity (Wildman–Crippen MR) is 103 cm³/mol. The molecule has 6 nitrogen and oxygen atoms in total. The first-order valence-electron chi connectivity index (χ1n) is 9.17. The summed E-state index contributed by atoms with van der Waals surface area (Å²) in [5.41, 5.74) is 2.34. The van der Waals surface area contributed by atoms with Gasteiger partial charge in [0.1, 0.15) is 11.8 Å². The summed E-state index contributed by atoms with van der Waals surface area (Å²) in [5, 5.41) is 13.4. The SMILES string of the molecule is CCC(C)NC(=O)CN1CCN(c2cc(C#N)nc3ccccc23)CC1. The zero-order valence-corrected chi connectivity index (χ0v) is 15.4. The molecule has 6 heteroatoms. The van der Waals surface area contributed by atoms with Crippen LogP contribution in [0.5, 0.6) is 0 Å². The number of benzene rings is 1. The number of hydrogen-bond donors (Lipinski definition) is 1. The minimum Gasteiger partial charge on any atom is -0.368 e. The number of nitrogens with zero attached hydrogens (tertiary/aromatic N) is 4. The standard InChI is InChI=1S/C20H25N5O/c1-3-15(2)22-20(26)14-24-8-10-25(11-9-24)19-12-16(13-21)23-18-7-5-4-6-17(18)19/h4-7,12,15H,3,8-11,14H2,1-2H3,(H,22,26). The van der Waals surface area contributed by atoms with Gasteiger partial charge in [-0.2, -0.15) is 5.26 Å². The molecular weight excluding hydrogens is 326 g/mol. The molecule has 1 saturated heterocycles. The van der Waals surface area contributed by atoms with E-state index < -0.39 is 0 Å². The quantitative estimate of drug-likeness (QED) is 0.893. The van der Waals surface area contributed by atoms with E-state index in [9.17, 15) is 10.1 Å². The fourth-order valence-corrected chi connectivity index (χ4v) is 3.25. The first-order chi connectivity index (χ1) is 12.6. The molecule has 1 amide bonds. The summed E-state index contributed by atoms with van der Waals surface area (Å²) in [4.78, 5) is 20.9. The van der Waals surface area contributed by atoms with E-state index in [4.69, 9.17) is 0 Å². The number of carbonyl (C=O) groups excluding carboxylic acids is 1. The summed E-state index contributed by atoms with van der Waals surface area (Å²) in [6.07, 6.45) is 0.940. The van der Waals surface area contributed by atoms with Crippen molar-refractivity contribution in [2.45, 2.75) is 26.3 Å². The Hall–Kier alpha value is -2.65. The van der Waals surface area contributed by atoms with E-state index in [1.807, 2.05) is 37.3 Å². The van der Waals surface area contributed by atoms with Gasteiger partial charge < -0.3 is 10.2 Å². The van der Waals surface area contributed by atoms with Crippen LogP contribution in [0.3, 0.4) is 0 Å². The monoisotopic (exact) mass is 351 g/mol. The van der Waals surface area contributed by atoms with Crippen LogP contribution < -0.4 is 10.2 Å². The molecule has 1 unspecified atom stereocenters. The van der Waals surface area contributed by atoms with Crippen molar-refractivity contribution < 1.29 is 4.79 Å². The maximum Gasteiger partial charge on any atom is 0.234 e. The largest absolute Gasteiger partial charge is 0.368 e. The first-order valence-corrected chi connectivity index (χ1v) is 9.17. The van der Waals surface area contributed by atoms with Gasteiger partial charge in [-0.05, 0) is 25.5 Å². The number of nitrogens with one attached hydrogen (secondary N) is 1. The van der Waals surface area contributed by atoms with Crippen molar-refractivity contribution in [2.75, 3.05) is 37.6 Å². The van der Waals surface area contributed by atoms with Gasteiger partial charge in [-0.1, -0.05) is 25.1 Å². The van der Waals surface area contributed by atoms with Gasteiger partial charge in [0.2, 0.25) is 5.91 Å². The Morgan fingerprint density at radius 1 is 1.31 bits per heavy atom. The van der Waals surface area contributed by atoms with Crippen LogP contribution in [0.15, 0.2) is 30.3 Å². The number of nitriles is 1. The molecule has 1 aromatic carbocycles. The summed E-state index contributed by atoms with van der Waals surface area (Å²) in [7, 11) is 0. The Labute approximate surface area is 154 Å². The Balaban J connectivity index is 1.68. The topological polar surface area (TPSA) is 72.3 Å². The molecule has 1 aromatic heterocycles. The second kappa shape index (κ2) is 8.15. The number of anilines is 1. The zero-order valence-electron chi connectivity index (χ0n) is 15.4. The lowest BCUT2D eigenvalue weighted by atomic mass is 10.1. The number of hydrogen-bond acceptors (Lipinski definition) is 5. The lowest BCUT2D eigenvalue weighted by Crippen LogP contribution is -2.50. The van der Waals surface area contributed by atoms with Gasteiger partial charge in [-0.3, -0.25) is 9.69 Å². The molecule has 3 rings (SSSR count). The number of rotatable bonds is 5. The van der Waals surface area contributed by atoms with Crippen LogP contribution in [-0.2, 0) is 4.79 Å². The van der Waals surface area contributed by atoms with Crippen LogP contribution in [0, 0.1) is 11.3 Å². The molecule has 0 spiro atoms.